The predicted octanol–water partition coefficient (Wildman–Crippen LogP) is 5.08. The van der Waals surface area contributed by atoms with Crippen LogP contribution in [-0.4, -0.2) is 24.3 Å². The number of pyridine rings is 1. The maximum Gasteiger partial charge on any atom is 0.252 e. The summed E-state index contributed by atoms with van der Waals surface area (Å²) in [5.74, 6) is 1.29. The Balaban J connectivity index is 1.33. The molecular formula is C25H28N6O. The molecule has 164 valence electrons. The van der Waals surface area contributed by atoms with Crippen molar-refractivity contribution in [3.63, 3.8) is 0 Å². The van der Waals surface area contributed by atoms with Gasteiger partial charge in [0, 0.05) is 42.3 Å². The van der Waals surface area contributed by atoms with Crippen molar-refractivity contribution >= 4 is 22.7 Å². The molecule has 32 heavy (non-hydrogen) atoms. The molecule has 0 spiro atoms. The number of benzene rings is 1. The first-order valence-electron chi connectivity index (χ1n) is 11.5. The zero-order valence-corrected chi connectivity index (χ0v) is 18.2. The van der Waals surface area contributed by atoms with Gasteiger partial charge in [0.25, 0.3) is 5.56 Å². The van der Waals surface area contributed by atoms with E-state index in [1.807, 2.05) is 41.2 Å². The van der Waals surface area contributed by atoms with E-state index in [2.05, 4.69) is 15.4 Å². The molecule has 1 saturated carbocycles. The van der Waals surface area contributed by atoms with Gasteiger partial charge in [0.05, 0.1) is 5.69 Å². The summed E-state index contributed by atoms with van der Waals surface area (Å²) in [5.41, 5.74) is 2.54. The first-order valence-corrected chi connectivity index (χ1v) is 11.5. The van der Waals surface area contributed by atoms with Gasteiger partial charge in [-0.1, -0.05) is 32.1 Å². The summed E-state index contributed by atoms with van der Waals surface area (Å²) in [6.45, 7) is 0.696. The minimum Gasteiger partial charge on any atom is -0.324 e. The molecule has 0 unspecified atom stereocenters. The van der Waals surface area contributed by atoms with Gasteiger partial charge in [0.15, 0.2) is 0 Å². The Kier molecular flexibility index (Phi) is 5.96. The van der Waals surface area contributed by atoms with E-state index in [1.54, 1.807) is 29.1 Å². The quantitative estimate of drug-likeness (QED) is 0.444. The Labute approximate surface area is 187 Å². The number of hydrogen-bond donors (Lipinski definition) is 1. The topological polar surface area (TPSA) is 77.6 Å². The second-order valence-electron chi connectivity index (χ2n) is 8.56. The molecular weight excluding hydrogens is 400 g/mol. The Morgan fingerprint density at radius 3 is 2.66 bits per heavy atom. The maximum absolute atomic E-state index is 12.6. The second kappa shape index (κ2) is 9.34. The number of hydrogen-bond acceptors (Lipinski definition) is 5. The van der Waals surface area contributed by atoms with Crippen molar-refractivity contribution in [2.75, 3.05) is 5.32 Å². The van der Waals surface area contributed by atoms with E-state index in [1.165, 1.54) is 38.5 Å². The number of aromatic nitrogens is 5. The lowest BCUT2D eigenvalue weighted by atomic mass is 9.86. The van der Waals surface area contributed by atoms with Gasteiger partial charge in [-0.25, -0.2) is 9.67 Å². The molecule has 0 bridgehead atoms. The van der Waals surface area contributed by atoms with E-state index in [-0.39, 0.29) is 5.56 Å². The van der Waals surface area contributed by atoms with Gasteiger partial charge >= 0.3 is 0 Å². The van der Waals surface area contributed by atoms with Crippen molar-refractivity contribution in [1.82, 2.24) is 24.3 Å². The van der Waals surface area contributed by atoms with Gasteiger partial charge in [-0.15, -0.1) is 0 Å². The fourth-order valence-corrected chi connectivity index (χ4v) is 4.61. The first kappa shape index (κ1) is 20.4. The van der Waals surface area contributed by atoms with E-state index >= 15 is 0 Å². The molecule has 7 nitrogen and oxygen atoms in total. The van der Waals surface area contributed by atoms with Crippen LogP contribution in [0.25, 0.3) is 16.7 Å². The molecule has 0 amide bonds. The molecule has 1 fully saturated rings. The third-order valence-corrected chi connectivity index (χ3v) is 6.33. The van der Waals surface area contributed by atoms with Crippen molar-refractivity contribution in [2.45, 2.75) is 51.5 Å². The smallest absolute Gasteiger partial charge is 0.252 e. The summed E-state index contributed by atoms with van der Waals surface area (Å²) >= 11 is 0. The Hall–Kier alpha value is -3.48. The van der Waals surface area contributed by atoms with Gasteiger partial charge in [-0.05, 0) is 55.2 Å². The van der Waals surface area contributed by atoms with Crippen LogP contribution in [-0.2, 0) is 6.54 Å². The molecule has 3 aromatic heterocycles. The van der Waals surface area contributed by atoms with Crippen LogP contribution >= 0.6 is 0 Å². The highest BCUT2D eigenvalue weighted by Crippen LogP contribution is 2.27. The molecule has 1 N–H and O–H groups in total. The third kappa shape index (κ3) is 4.56. The highest BCUT2D eigenvalue weighted by Gasteiger charge is 2.14. The molecule has 0 radical (unpaired) electrons. The zero-order chi connectivity index (χ0) is 21.8. The fourth-order valence-electron chi connectivity index (χ4n) is 4.61. The summed E-state index contributed by atoms with van der Waals surface area (Å²) in [4.78, 5) is 21.7. The van der Waals surface area contributed by atoms with E-state index in [0.29, 0.717) is 18.1 Å². The lowest BCUT2D eigenvalue weighted by Gasteiger charge is -2.21. The van der Waals surface area contributed by atoms with Crippen molar-refractivity contribution in [2.24, 2.45) is 5.92 Å². The monoisotopic (exact) mass is 428 g/mol. The number of rotatable bonds is 7. The van der Waals surface area contributed by atoms with Crippen molar-refractivity contribution in [1.29, 1.82) is 0 Å². The van der Waals surface area contributed by atoms with Gasteiger partial charge in [-0.2, -0.15) is 10.1 Å². The summed E-state index contributed by atoms with van der Waals surface area (Å²) < 4.78 is 3.61. The Bertz CT molecular complexity index is 1220. The lowest BCUT2D eigenvalue weighted by molar-refractivity contribution is 0.326. The Morgan fingerprint density at radius 2 is 1.88 bits per heavy atom. The minimum absolute atomic E-state index is 0.00521. The van der Waals surface area contributed by atoms with Crippen LogP contribution in [0.5, 0.6) is 0 Å². The molecule has 3 heterocycles. The summed E-state index contributed by atoms with van der Waals surface area (Å²) in [5, 5.41) is 8.38. The average Bonchev–Trinajstić information content (AvgIpc) is 3.37. The van der Waals surface area contributed by atoms with Crippen molar-refractivity contribution in [3.8, 4) is 5.69 Å². The van der Waals surface area contributed by atoms with E-state index in [9.17, 15) is 4.79 Å². The lowest BCUT2D eigenvalue weighted by Crippen LogP contribution is -2.21. The van der Waals surface area contributed by atoms with Crippen LogP contribution in [0.2, 0.25) is 0 Å². The SMILES string of the molecule is O=c1ccc2cnc(Nc3ccc(-n4cccn4)cc3)nc2n1CCCC1CCCCC1. The van der Waals surface area contributed by atoms with Crippen LogP contribution in [0.3, 0.4) is 0 Å². The van der Waals surface area contributed by atoms with E-state index in [4.69, 9.17) is 4.98 Å². The predicted molar refractivity (Wildman–Crippen MR) is 126 cm³/mol. The van der Waals surface area contributed by atoms with Crippen LogP contribution < -0.4 is 10.9 Å². The van der Waals surface area contributed by atoms with E-state index in [0.717, 1.165) is 29.1 Å². The Morgan fingerprint density at radius 1 is 1.03 bits per heavy atom. The minimum atomic E-state index is -0.00521. The van der Waals surface area contributed by atoms with E-state index < -0.39 is 0 Å². The largest absolute Gasteiger partial charge is 0.324 e. The number of aryl methyl sites for hydroxylation is 1. The second-order valence-corrected chi connectivity index (χ2v) is 8.56. The number of nitrogens with zero attached hydrogens (tertiary/aromatic N) is 5. The van der Waals surface area contributed by atoms with Gasteiger partial charge in [0.1, 0.15) is 5.65 Å². The molecule has 5 rings (SSSR count). The molecule has 1 aliphatic carbocycles. The number of anilines is 2. The zero-order valence-electron chi connectivity index (χ0n) is 18.2. The molecule has 1 aromatic carbocycles. The summed E-state index contributed by atoms with van der Waals surface area (Å²) in [6, 6.07) is 13.2. The normalized spacial score (nSPS) is 14.6. The average molecular weight is 429 g/mol. The molecule has 7 heteroatoms. The van der Waals surface area contributed by atoms with Gasteiger partial charge < -0.3 is 5.32 Å². The van der Waals surface area contributed by atoms with Gasteiger partial charge in [-0.3, -0.25) is 9.36 Å². The summed E-state index contributed by atoms with van der Waals surface area (Å²) in [7, 11) is 0. The molecule has 0 saturated heterocycles. The standard InChI is InChI=1S/C25H28N6O/c32-23-14-9-20-18-26-25(28-21-10-12-22(13-11-21)31-17-5-15-27-31)29-24(20)30(23)16-4-8-19-6-2-1-3-7-19/h5,9-15,17-19H,1-4,6-8,16H2,(H,26,28,29). The molecule has 4 aromatic rings. The van der Waals surface area contributed by atoms with Crippen LogP contribution in [0, 0.1) is 5.92 Å². The van der Waals surface area contributed by atoms with Crippen molar-refractivity contribution < 1.29 is 0 Å². The molecule has 1 aliphatic rings. The molecule has 0 aliphatic heterocycles. The van der Waals surface area contributed by atoms with Crippen molar-refractivity contribution in [3.05, 3.63) is 71.4 Å². The third-order valence-electron chi connectivity index (χ3n) is 6.33. The fraction of sp³-hybridized carbons (Fsp3) is 0.360. The highest BCUT2D eigenvalue weighted by atomic mass is 16.1. The number of nitrogens with one attached hydrogen (secondary N) is 1. The summed E-state index contributed by atoms with van der Waals surface area (Å²) in [6.07, 6.45) is 14.4. The van der Waals surface area contributed by atoms with Crippen LogP contribution in [0.1, 0.15) is 44.9 Å². The highest BCUT2D eigenvalue weighted by molar-refractivity contribution is 5.75. The molecule has 0 atom stereocenters. The number of fused-ring (bicyclic) bond motifs is 1. The van der Waals surface area contributed by atoms with Crippen LogP contribution in [0.4, 0.5) is 11.6 Å². The van der Waals surface area contributed by atoms with Crippen LogP contribution in [0.15, 0.2) is 65.8 Å². The maximum atomic E-state index is 12.6. The van der Waals surface area contributed by atoms with Gasteiger partial charge in [0.2, 0.25) is 5.95 Å². The first-order chi connectivity index (χ1) is 15.8.